The highest BCUT2D eigenvalue weighted by atomic mass is 19.1. The molecule has 116 valence electrons. The standard InChI is InChI=1S/C14H18FNO5/c1-14(2,3)21-13(19)16-11(12(18)20-4)8-5-9(15)7-10(17)6-8/h5-7,11,17H,1-4H3,(H,16,19)/t11-/m0/s1. The van der Waals surface area contributed by atoms with Crippen LogP contribution in [0, 0.1) is 5.82 Å². The SMILES string of the molecule is COC(=O)[C@@H](NC(=O)OC(C)(C)C)c1cc(O)cc(F)c1. The van der Waals surface area contributed by atoms with Gasteiger partial charge in [0.15, 0.2) is 6.04 Å². The van der Waals surface area contributed by atoms with E-state index in [9.17, 15) is 19.1 Å². The Labute approximate surface area is 121 Å². The number of esters is 1. The summed E-state index contributed by atoms with van der Waals surface area (Å²) in [6.45, 7) is 4.98. The topological polar surface area (TPSA) is 84.9 Å². The van der Waals surface area contributed by atoms with Crippen LogP contribution in [0.3, 0.4) is 0 Å². The number of carbonyl (C=O) groups excluding carboxylic acids is 2. The maximum absolute atomic E-state index is 13.3. The summed E-state index contributed by atoms with van der Waals surface area (Å²) >= 11 is 0. The van der Waals surface area contributed by atoms with Crippen molar-refractivity contribution in [1.29, 1.82) is 0 Å². The van der Waals surface area contributed by atoms with Crippen molar-refractivity contribution in [1.82, 2.24) is 5.32 Å². The Kier molecular flexibility index (Phi) is 5.12. The minimum atomic E-state index is -1.29. The number of methoxy groups -OCH3 is 1. The van der Waals surface area contributed by atoms with Crippen LogP contribution in [0.4, 0.5) is 9.18 Å². The number of rotatable bonds is 3. The van der Waals surface area contributed by atoms with Crippen LogP contribution in [-0.4, -0.2) is 29.9 Å². The normalized spacial score (nSPS) is 12.4. The highest BCUT2D eigenvalue weighted by molar-refractivity contribution is 5.82. The maximum atomic E-state index is 13.3. The molecule has 0 fully saturated rings. The predicted molar refractivity (Wildman–Crippen MR) is 72.2 cm³/mol. The molecule has 0 aliphatic carbocycles. The van der Waals surface area contributed by atoms with Crippen LogP contribution in [-0.2, 0) is 14.3 Å². The second-order valence-electron chi connectivity index (χ2n) is 5.35. The van der Waals surface area contributed by atoms with E-state index in [2.05, 4.69) is 10.1 Å². The smallest absolute Gasteiger partial charge is 0.408 e. The second-order valence-corrected chi connectivity index (χ2v) is 5.35. The van der Waals surface area contributed by atoms with Gasteiger partial charge in [0.05, 0.1) is 7.11 Å². The fourth-order valence-electron chi connectivity index (χ4n) is 1.58. The third-order valence-corrected chi connectivity index (χ3v) is 2.34. The van der Waals surface area contributed by atoms with E-state index < -0.39 is 29.5 Å². The first-order chi connectivity index (χ1) is 9.62. The molecule has 0 heterocycles. The average molecular weight is 299 g/mol. The lowest BCUT2D eigenvalue weighted by Gasteiger charge is -2.22. The van der Waals surface area contributed by atoms with Gasteiger partial charge in [-0.15, -0.1) is 0 Å². The Morgan fingerprint density at radius 1 is 1.29 bits per heavy atom. The van der Waals surface area contributed by atoms with E-state index in [1.165, 1.54) is 0 Å². The average Bonchev–Trinajstić information content (AvgIpc) is 2.31. The Morgan fingerprint density at radius 3 is 2.38 bits per heavy atom. The molecule has 0 radical (unpaired) electrons. The molecule has 6 nitrogen and oxygen atoms in total. The van der Waals surface area contributed by atoms with Gasteiger partial charge in [0, 0.05) is 6.07 Å². The van der Waals surface area contributed by atoms with E-state index >= 15 is 0 Å². The van der Waals surface area contributed by atoms with Crippen LogP contribution >= 0.6 is 0 Å². The molecule has 21 heavy (non-hydrogen) atoms. The van der Waals surface area contributed by atoms with E-state index in [1.807, 2.05) is 0 Å². The minimum absolute atomic E-state index is 0.0465. The fourth-order valence-corrected chi connectivity index (χ4v) is 1.58. The van der Waals surface area contributed by atoms with Crippen molar-refractivity contribution in [2.75, 3.05) is 7.11 Å². The highest BCUT2D eigenvalue weighted by Gasteiger charge is 2.27. The summed E-state index contributed by atoms with van der Waals surface area (Å²) in [5, 5.41) is 11.7. The van der Waals surface area contributed by atoms with Crippen LogP contribution in [0.5, 0.6) is 5.75 Å². The molecular formula is C14H18FNO5. The molecule has 0 saturated carbocycles. The molecule has 0 saturated heterocycles. The van der Waals surface area contributed by atoms with E-state index in [1.54, 1.807) is 20.8 Å². The number of hydrogen-bond donors (Lipinski definition) is 2. The number of phenolic OH excluding ortho intramolecular Hbond substituents is 1. The molecule has 2 N–H and O–H groups in total. The van der Waals surface area contributed by atoms with Gasteiger partial charge in [0.25, 0.3) is 0 Å². The zero-order valence-electron chi connectivity index (χ0n) is 12.3. The number of alkyl carbamates (subject to hydrolysis) is 1. The van der Waals surface area contributed by atoms with Crippen molar-refractivity contribution in [3.63, 3.8) is 0 Å². The van der Waals surface area contributed by atoms with E-state index in [0.29, 0.717) is 0 Å². The van der Waals surface area contributed by atoms with Gasteiger partial charge in [-0.05, 0) is 38.5 Å². The Morgan fingerprint density at radius 2 is 1.90 bits per heavy atom. The van der Waals surface area contributed by atoms with Crippen LogP contribution < -0.4 is 5.32 Å². The van der Waals surface area contributed by atoms with Crippen molar-refractivity contribution in [3.05, 3.63) is 29.6 Å². The molecule has 0 unspecified atom stereocenters. The number of halogens is 1. The number of amides is 1. The molecule has 1 rings (SSSR count). The van der Waals surface area contributed by atoms with E-state index in [-0.39, 0.29) is 11.3 Å². The summed E-state index contributed by atoms with van der Waals surface area (Å²) in [4.78, 5) is 23.5. The Balaban J connectivity index is 3.01. The molecule has 7 heteroatoms. The number of carbonyl (C=O) groups is 2. The monoisotopic (exact) mass is 299 g/mol. The zero-order chi connectivity index (χ0) is 16.2. The van der Waals surface area contributed by atoms with Gasteiger partial charge in [-0.3, -0.25) is 0 Å². The van der Waals surface area contributed by atoms with Crippen molar-refractivity contribution >= 4 is 12.1 Å². The van der Waals surface area contributed by atoms with E-state index in [0.717, 1.165) is 25.3 Å². The number of hydrogen-bond acceptors (Lipinski definition) is 5. The van der Waals surface area contributed by atoms with Gasteiger partial charge < -0.3 is 19.9 Å². The van der Waals surface area contributed by atoms with Crippen molar-refractivity contribution in [3.8, 4) is 5.75 Å². The van der Waals surface area contributed by atoms with Crippen molar-refractivity contribution in [2.24, 2.45) is 0 Å². The van der Waals surface area contributed by atoms with E-state index in [4.69, 9.17) is 4.74 Å². The lowest BCUT2D eigenvalue weighted by Crippen LogP contribution is -2.38. The summed E-state index contributed by atoms with van der Waals surface area (Å²) in [7, 11) is 1.13. The van der Waals surface area contributed by atoms with Crippen molar-refractivity contribution in [2.45, 2.75) is 32.4 Å². The van der Waals surface area contributed by atoms with Crippen LogP contribution in [0.25, 0.3) is 0 Å². The number of phenols is 1. The number of ether oxygens (including phenoxy) is 2. The number of benzene rings is 1. The van der Waals surface area contributed by atoms with Crippen molar-refractivity contribution < 1.29 is 28.6 Å². The summed E-state index contributed by atoms with van der Waals surface area (Å²) in [6, 6.07) is 1.76. The molecule has 0 spiro atoms. The maximum Gasteiger partial charge on any atom is 0.408 e. The minimum Gasteiger partial charge on any atom is -0.508 e. The van der Waals surface area contributed by atoms with Crippen LogP contribution in [0.2, 0.25) is 0 Å². The Hall–Kier alpha value is -2.31. The number of nitrogens with one attached hydrogen (secondary N) is 1. The summed E-state index contributed by atoms with van der Waals surface area (Å²) in [6.07, 6.45) is -0.860. The lowest BCUT2D eigenvalue weighted by atomic mass is 10.1. The summed E-state index contributed by atoms with van der Waals surface area (Å²) in [5.74, 6) is -1.93. The molecular weight excluding hydrogens is 281 g/mol. The van der Waals surface area contributed by atoms with Gasteiger partial charge in [0.1, 0.15) is 17.2 Å². The first-order valence-electron chi connectivity index (χ1n) is 6.19. The van der Waals surface area contributed by atoms with Gasteiger partial charge in [-0.2, -0.15) is 0 Å². The van der Waals surface area contributed by atoms with Gasteiger partial charge in [-0.1, -0.05) is 0 Å². The molecule has 1 amide bonds. The van der Waals surface area contributed by atoms with Crippen LogP contribution in [0.1, 0.15) is 32.4 Å². The third kappa shape index (κ3) is 5.29. The molecule has 1 aromatic carbocycles. The molecule has 0 aliphatic rings. The largest absolute Gasteiger partial charge is 0.508 e. The predicted octanol–water partition coefficient (Wildman–Crippen LogP) is 2.27. The number of aromatic hydroxyl groups is 1. The van der Waals surface area contributed by atoms with Gasteiger partial charge in [0.2, 0.25) is 0 Å². The molecule has 0 bridgehead atoms. The Bertz CT molecular complexity index is 518. The third-order valence-electron chi connectivity index (χ3n) is 2.34. The molecule has 1 aromatic rings. The second kappa shape index (κ2) is 6.43. The summed E-state index contributed by atoms with van der Waals surface area (Å²) in [5.41, 5.74) is -0.709. The molecule has 0 aliphatic heterocycles. The lowest BCUT2D eigenvalue weighted by molar-refractivity contribution is -0.143. The fraction of sp³-hybridized carbons (Fsp3) is 0.429. The van der Waals surface area contributed by atoms with Gasteiger partial charge in [-0.25, -0.2) is 14.0 Å². The molecule has 0 aromatic heterocycles. The first-order valence-corrected chi connectivity index (χ1v) is 6.19. The summed E-state index contributed by atoms with van der Waals surface area (Å²) < 4.78 is 22.9. The first kappa shape index (κ1) is 16.7. The van der Waals surface area contributed by atoms with Crippen LogP contribution in [0.15, 0.2) is 18.2 Å². The zero-order valence-corrected chi connectivity index (χ0v) is 12.3. The highest BCUT2D eigenvalue weighted by Crippen LogP contribution is 2.22. The van der Waals surface area contributed by atoms with Gasteiger partial charge >= 0.3 is 12.1 Å². The molecule has 1 atom stereocenters. The quantitative estimate of drug-likeness (QED) is 0.836.